The molecule has 26 heavy (non-hydrogen) atoms. The quantitative estimate of drug-likeness (QED) is 0.676. The standard InChI is InChI=1S/C20H20ClFN4/c1-12(2)13-6-8-14(9-7-13)17-10-18(26-20(25-17)23-11-24-26)19-15(21)4-3-5-16(19)22/h3-9,11-12,17-18H,10H2,1-2H3,(H,23,24,25)/t17-,18-/m0/s1. The zero-order valence-electron chi connectivity index (χ0n) is 14.7. The fraction of sp³-hybridized carbons (Fsp3) is 0.300. The van der Waals surface area contributed by atoms with Crippen molar-refractivity contribution in [2.24, 2.45) is 0 Å². The number of nitrogens with one attached hydrogen (secondary N) is 1. The van der Waals surface area contributed by atoms with E-state index in [0.717, 1.165) is 5.56 Å². The van der Waals surface area contributed by atoms with Crippen LogP contribution in [-0.2, 0) is 0 Å². The molecule has 0 bridgehead atoms. The summed E-state index contributed by atoms with van der Waals surface area (Å²) in [4.78, 5) is 4.29. The molecule has 0 radical (unpaired) electrons. The van der Waals surface area contributed by atoms with Crippen molar-refractivity contribution in [1.29, 1.82) is 0 Å². The van der Waals surface area contributed by atoms with Crippen LogP contribution in [0.15, 0.2) is 48.8 Å². The monoisotopic (exact) mass is 370 g/mol. The van der Waals surface area contributed by atoms with Crippen molar-refractivity contribution in [2.45, 2.75) is 38.3 Å². The van der Waals surface area contributed by atoms with E-state index in [9.17, 15) is 4.39 Å². The maximum absolute atomic E-state index is 14.5. The summed E-state index contributed by atoms with van der Waals surface area (Å²) in [6.07, 6.45) is 2.12. The summed E-state index contributed by atoms with van der Waals surface area (Å²) in [5, 5.41) is 8.09. The molecule has 0 amide bonds. The number of aromatic nitrogens is 3. The van der Waals surface area contributed by atoms with Crippen LogP contribution in [0.25, 0.3) is 0 Å². The lowest BCUT2D eigenvalue weighted by molar-refractivity contribution is 0.416. The molecule has 0 saturated carbocycles. The second-order valence-electron chi connectivity index (χ2n) is 6.93. The van der Waals surface area contributed by atoms with Gasteiger partial charge in [-0.3, -0.25) is 0 Å². The molecule has 0 saturated heterocycles. The van der Waals surface area contributed by atoms with Crippen molar-refractivity contribution >= 4 is 17.5 Å². The van der Waals surface area contributed by atoms with E-state index in [1.165, 1.54) is 18.0 Å². The molecular weight excluding hydrogens is 351 g/mol. The summed E-state index contributed by atoms with van der Waals surface area (Å²) in [7, 11) is 0. The number of hydrogen-bond acceptors (Lipinski definition) is 3. The average Bonchev–Trinajstić information content (AvgIpc) is 3.10. The minimum atomic E-state index is -0.320. The molecule has 0 unspecified atom stereocenters. The fourth-order valence-electron chi connectivity index (χ4n) is 3.52. The summed E-state index contributed by atoms with van der Waals surface area (Å²) >= 11 is 6.32. The molecule has 134 valence electrons. The summed E-state index contributed by atoms with van der Waals surface area (Å²) < 4.78 is 16.3. The number of rotatable bonds is 3. The molecular formula is C20H20ClFN4. The number of fused-ring (bicyclic) bond motifs is 1. The Morgan fingerprint density at radius 2 is 1.96 bits per heavy atom. The third kappa shape index (κ3) is 2.97. The van der Waals surface area contributed by atoms with Gasteiger partial charge in [0.2, 0.25) is 5.95 Å². The van der Waals surface area contributed by atoms with Crippen LogP contribution < -0.4 is 5.32 Å². The Morgan fingerprint density at radius 3 is 2.65 bits per heavy atom. The number of hydrogen-bond donors (Lipinski definition) is 1. The Balaban J connectivity index is 1.73. The van der Waals surface area contributed by atoms with E-state index in [-0.39, 0.29) is 17.9 Å². The van der Waals surface area contributed by atoms with E-state index in [4.69, 9.17) is 11.6 Å². The summed E-state index contributed by atoms with van der Waals surface area (Å²) in [5.41, 5.74) is 2.90. The van der Waals surface area contributed by atoms with Gasteiger partial charge < -0.3 is 5.32 Å². The molecule has 0 spiro atoms. The highest BCUT2D eigenvalue weighted by molar-refractivity contribution is 6.31. The van der Waals surface area contributed by atoms with Gasteiger partial charge in [0, 0.05) is 10.6 Å². The van der Waals surface area contributed by atoms with Crippen molar-refractivity contribution in [3.8, 4) is 0 Å². The van der Waals surface area contributed by atoms with Gasteiger partial charge >= 0.3 is 0 Å². The summed E-state index contributed by atoms with van der Waals surface area (Å²) in [6.45, 7) is 4.35. The van der Waals surface area contributed by atoms with Gasteiger partial charge in [0.15, 0.2) is 0 Å². The number of benzene rings is 2. The lowest BCUT2D eigenvalue weighted by Gasteiger charge is -2.32. The smallest absolute Gasteiger partial charge is 0.222 e. The maximum atomic E-state index is 14.5. The first-order valence-electron chi connectivity index (χ1n) is 8.74. The van der Waals surface area contributed by atoms with Crippen LogP contribution in [0.4, 0.5) is 10.3 Å². The predicted molar refractivity (Wildman–Crippen MR) is 101 cm³/mol. The SMILES string of the molecule is CC(C)c1ccc([C@@H]2C[C@@H](c3c(F)cccc3Cl)n3ncnc3N2)cc1. The van der Waals surface area contributed by atoms with Gasteiger partial charge in [-0.05, 0) is 35.6 Å². The zero-order chi connectivity index (χ0) is 18.3. The summed E-state index contributed by atoms with van der Waals surface area (Å²) in [6, 6.07) is 13.0. The van der Waals surface area contributed by atoms with Crippen LogP contribution in [0, 0.1) is 5.82 Å². The molecule has 1 N–H and O–H groups in total. The molecule has 3 aromatic rings. The van der Waals surface area contributed by atoms with Crippen LogP contribution >= 0.6 is 11.6 Å². The van der Waals surface area contributed by atoms with Crippen molar-refractivity contribution in [2.75, 3.05) is 5.32 Å². The van der Waals surface area contributed by atoms with Crippen molar-refractivity contribution in [3.63, 3.8) is 0 Å². The van der Waals surface area contributed by atoms with Crippen molar-refractivity contribution in [1.82, 2.24) is 14.8 Å². The predicted octanol–water partition coefficient (Wildman–Crippen LogP) is 5.34. The van der Waals surface area contributed by atoms with Crippen LogP contribution in [0.3, 0.4) is 0 Å². The number of halogens is 2. The second-order valence-corrected chi connectivity index (χ2v) is 7.34. The van der Waals surface area contributed by atoms with Gasteiger partial charge in [0.05, 0.1) is 12.1 Å². The minimum Gasteiger partial charge on any atom is -0.348 e. The first kappa shape index (κ1) is 17.0. The van der Waals surface area contributed by atoms with E-state index < -0.39 is 0 Å². The average molecular weight is 371 g/mol. The number of anilines is 1. The van der Waals surface area contributed by atoms with Crippen LogP contribution in [0.2, 0.25) is 5.02 Å². The normalized spacial score (nSPS) is 19.3. The van der Waals surface area contributed by atoms with E-state index >= 15 is 0 Å². The third-order valence-electron chi connectivity index (χ3n) is 4.97. The Labute approximate surface area is 157 Å². The Bertz CT molecular complexity index is 900. The largest absolute Gasteiger partial charge is 0.348 e. The van der Waals surface area contributed by atoms with Crippen LogP contribution in [0.5, 0.6) is 0 Å². The van der Waals surface area contributed by atoms with Gasteiger partial charge in [0.25, 0.3) is 0 Å². The molecule has 1 aliphatic heterocycles. The molecule has 0 aliphatic carbocycles. The topological polar surface area (TPSA) is 42.7 Å². The van der Waals surface area contributed by atoms with Gasteiger partial charge in [-0.2, -0.15) is 10.1 Å². The van der Waals surface area contributed by atoms with E-state index in [1.54, 1.807) is 16.8 Å². The zero-order valence-corrected chi connectivity index (χ0v) is 15.4. The lowest BCUT2D eigenvalue weighted by Crippen LogP contribution is -2.28. The van der Waals surface area contributed by atoms with Crippen molar-refractivity contribution < 1.29 is 4.39 Å². The van der Waals surface area contributed by atoms with Gasteiger partial charge in [-0.25, -0.2) is 9.07 Å². The maximum Gasteiger partial charge on any atom is 0.222 e. The van der Waals surface area contributed by atoms with E-state index in [0.29, 0.717) is 28.9 Å². The minimum absolute atomic E-state index is 0.00795. The molecule has 1 aromatic heterocycles. The van der Waals surface area contributed by atoms with Crippen molar-refractivity contribution in [3.05, 3.63) is 76.3 Å². The molecule has 1 aliphatic rings. The highest BCUT2D eigenvalue weighted by Crippen LogP contribution is 2.40. The van der Waals surface area contributed by atoms with Gasteiger partial charge in [0.1, 0.15) is 12.1 Å². The molecule has 0 fully saturated rings. The molecule has 4 nitrogen and oxygen atoms in total. The number of nitrogens with zero attached hydrogens (tertiary/aromatic N) is 3. The fourth-order valence-corrected chi connectivity index (χ4v) is 3.81. The summed E-state index contributed by atoms with van der Waals surface area (Å²) in [5.74, 6) is 0.787. The first-order chi connectivity index (χ1) is 12.5. The van der Waals surface area contributed by atoms with Gasteiger partial charge in [-0.15, -0.1) is 0 Å². The third-order valence-corrected chi connectivity index (χ3v) is 5.30. The van der Waals surface area contributed by atoms with Crippen LogP contribution in [-0.4, -0.2) is 14.8 Å². The first-order valence-corrected chi connectivity index (χ1v) is 9.12. The highest BCUT2D eigenvalue weighted by atomic mass is 35.5. The Morgan fingerprint density at radius 1 is 1.19 bits per heavy atom. The molecule has 4 rings (SSSR count). The van der Waals surface area contributed by atoms with Crippen LogP contribution in [0.1, 0.15) is 55.0 Å². The Kier molecular flexibility index (Phi) is 4.41. The van der Waals surface area contributed by atoms with E-state index in [1.807, 2.05) is 0 Å². The molecule has 2 aromatic carbocycles. The Hall–Kier alpha value is -2.40. The van der Waals surface area contributed by atoms with Gasteiger partial charge in [-0.1, -0.05) is 55.8 Å². The molecule has 2 heterocycles. The lowest BCUT2D eigenvalue weighted by atomic mass is 9.91. The molecule has 6 heteroatoms. The molecule has 2 atom stereocenters. The van der Waals surface area contributed by atoms with E-state index in [2.05, 4.69) is 53.5 Å². The highest BCUT2D eigenvalue weighted by Gasteiger charge is 2.32. The second kappa shape index (κ2) is 6.72.